The van der Waals surface area contributed by atoms with Crippen molar-refractivity contribution in [2.75, 3.05) is 5.32 Å². The van der Waals surface area contributed by atoms with Crippen LogP contribution >= 0.6 is 0 Å². The van der Waals surface area contributed by atoms with Gasteiger partial charge in [-0.3, -0.25) is 4.79 Å². The third-order valence-electron chi connectivity index (χ3n) is 6.93. The molecule has 3 N–H and O–H groups in total. The number of aromatic nitrogens is 1. The molecule has 0 spiro atoms. The van der Waals surface area contributed by atoms with Crippen LogP contribution < -0.4 is 5.32 Å². The largest absolute Gasteiger partial charge is 0.508 e. The lowest BCUT2D eigenvalue weighted by molar-refractivity contribution is -0.137. The molecule has 1 aromatic heterocycles. The summed E-state index contributed by atoms with van der Waals surface area (Å²) in [6, 6.07) is 10.4. The van der Waals surface area contributed by atoms with Crippen LogP contribution in [0.5, 0.6) is 5.75 Å². The van der Waals surface area contributed by atoms with Gasteiger partial charge in [-0.25, -0.2) is 4.39 Å². The van der Waals surface area contributed by atoms with Crippen LogP contribution in [-0.4, -0.2) is 21.7 Å². The number of phenols is 1. The van der Waals surface area contributed by atoms with Crippen LogP contribution in [0, 0.1) is 5.41 Å². The maximum absolute atomic E-state index is 13.5. The highest BCUT2D eigenvalue weighted by molar-refractivity contribution is 6.07. The summed E-state index contributed by atoms with van der Waals surface area (Å²) in [6.45, 7) is 0. The molecule has 0 aliphatic heterocycles. The highest BCUT2D eigenvalue weighted by atomic mass is 19.4. The molecule has 0 atom stereocenters. The van der Waals surface area contributed by atoms with Crippen LogP contribution in [0.25, 0.3) is 10.9 Å². The van der Waals surface area contributed by atoms with E-state index in [2.05, 4.69) is 10.3 Å². The quantitative estimate of drug-likeness (QED) is 0.414. The first kappa shape index (κ1) is 20.8. The summed E-state index contributed by atoms with van der Waals surface area (Å²) in [4.78, 5) is 14.9. The molecule has 4 nitrogen and oxygen atoms in total. The molecule has 1 amide bonds. The van der Waals surface area contributed by atoms with Crippen molar-refractivity contribution in [2.24, 2.45) is 5.41 Å². The fourth-order valence-corrected chi connectivity index (χ4v) is 4.32. The molecule has 168 valence electrons. The van der Waals surface area contributed by atoms with E-state index in [1.54, 1.807) is 36.5 Å². The summed E-state index contributed by atoms with van der Waals surface area (Å²) < 4.78 is 50.1. The zero-order valence-electron chi connectivity index (χ0n) is 17.1. The Bertz CT molecular complexity index is 1170. The van der Waals surface area contributed by atoms with Crippen molar-refractivity contribution in [2.45, 2.75) is 49.9 Å². The third kappa shape index (κ3) is 3.51. The summed E-state index contributed by atoms with van der Waals surface area (Å²) in [6.07, 6.45) is 1.57. The second-order valence-electron chi connectivity index (χ2n) is 9.03. The van der Waals surface area contributed by atoms with Crippen molar-refractivity contribution in [1.29, 1.82) is 0 Å². The molecule has 0 unspecified atom stereocenters. The Morgan fingerprint density at radius 3 is 2.28 bits per heavy atom. The van der Waals surface area contributed by atoms with E-state index in [0.29, 0.717) is 24.4 Å². The van der Waals surface area contributed by atoms with Crippen LogP contribution in [0.3, 0.4) is 0 Å². The van der Waals surface area contributed by atoms with Gasteiger partial charge in [0.15, 0.2) is 0 Å². The monoisotopic (exact) mass is 446 g/mol. The van der Waals surface area contributed by atoms with Gasteiger partial charge < -0.3 is 15.4 Å². The average molecular weight is 446 g/mol. The maximum Gasteiger partial charge on any atom is 0.416 e. The Balaban J connectivity index is 0.000000140. The maximum atomic E-state index is 13.5. The lowest BCUT2D eigenvalue weighted by atomic mass is 9.80. The summed E-state index contributed by atoms with van der Waals surface area (Å²) in [7, 11) is 0. The molecule has 3 aromatic rings. The highest BCUT2D eigenvalue weighted by Gasteiger charge is 2.89. The SMILES string of the molecule is FC(F)(F)c1ccc(C2CCC2)cc1.O=C(Nc1c[nH]c2ccc(O)cc12)C12CC1(F)C2. The summed E-state index contributed by atoms with van der Waals surface area (Å²) in [5.41, 5.74) is -0.0939. The Labute approximate surface area is 181 Å². The van der Waals surface area contributed by atoms with Gasteiger partial charge in [-0.15, -0.1) is 0 Å². The number of carbonyl (C=O) groups is 1. The number of benzene rings is 2. The lowest BCUT2D eigenvalue weighted by Crippen LogP contribution is -2.17. The number of hydrogen-bond acceptors (Lipinski definition) is 2. The number of aromatic amines is 1. The van der Waals surface area contributed by atoms with Gasteiger partial charge >= 0.3 is 6.18 Å². The molecule has 0 bridgehead atoms. The first-order valence-corrected chi connectivity index (χ1v) is 10.6. The summed E-state index contributed by atoms with van der Waals surface area (Å²) in [5, 5.41) is 12.9. The number of fused-ring (bicyclic) bond motifs is 2. The van der Waals surface area contributed by atoms with Gasteiger partial charge in [0, 0.05) is 29.9 Å². The van der Waals surface area contributed by atoms with E-state index in [1.165, 1.54) is 18.6 Å². The number of aromatic hydroxyl groups is 1. The van der Waals surface area contributed by atoms with E-state index in [4.69, 9.17) is 0 Å². The third-order valence-corrected chi connectivity index (χ3v) is 6.93. The van der Waals surface area contributed by atoms with Gasteiger partial charge in [0.05, 0.1) is 16.7 Å². The number of phenolic OH excluding ortho intramolecular Hbond substituents is 1. The van der Waals surface area contributed by atoms with Crippen LogP contribution in [0.4, 0.5) is 23.2 Å². The lowest BCUT2D eigenvalue weighted by Gasteiger charge is -2.25. The van der Waals surface area contributed by atoms with Gasteiger partial charge in [0.25, 0.3) is 0 Å². The number of H-pyrrole nitrogens is 1. The molecule has 3 saturated carbocycles. The van der Waals surface area contributed by atoms with E-state index in [-0.39, 0.29) is 11.7 Å². The minimum Gasteiger partial charge on any atom is -0.508 e. The number of rotatable bonds is 3. The van der Waals surface area contributed by atoms with E-state index in [9.17, 15) is 27.5 Å². The van der Waals surface area contributed by atoms with Crippen molar-refractivity contribution < 1.29 is 27.5 Å². The average Bonchev–Trinajstić information content (AvgIpc) is 3.41. The second-order valence-corrected chi connectivity index (χ2v) is 9.03. The Morgan fingerprint density at radius 2 is 1.75 bits per heavy atom. The smallest absolute Gasteiger partial charge is 0.416 e. The van der Waals surface area contributed by atoms with E-state index >= 15 is 0 Å². The number of anilines is 1. The number of hydrogen-bond donors (Lipinski definition) is 3. The predicted octanol–water partition coefficient (Wildman–Crippen LogP) is 6.29. The summed E-state index contributed by atoms with van der Waals surface area (Å²) >= 11 is 0. The first-order chi connectivity index (χ1) is 15.1. The minimum absolute atomic E-state index is 0.133. The topological polar surface area (TPSA) is 65.1 Å². The molecule has 2 aromatic carbocycles. The van der Waals surface area contributed by atoms with E-state index in [1.807, 2.05) is 0 Å². The fourth-order valence-electron chi connectivity index (χ4n) is 4.32. The van der Waals surface area contributed by atoms with Crippen LogP contribution in [0.1, 0.15) is 49.1 Å². The van der Waals surface area contributed by atoms with Crippen molar-refractivity contribution in [3.05, 3.63) is 59.8 Å². The van der Waals surface area contributed by atoms with Gasteiger partial charge in [-0.1, -0.05) is 18.6 Å². The van der Waals surface area contributed by atoms with Crippen molar-refractivity contribution in [3.8, 4) is 5.75 Å². The molecular weight excluding hydrogens is 424 g/mol. The number of carbonyl (C=O) groups excluding carboxylic acids is 1. The van der Waals surface area contributed by atoms with Crippen LogP contribution in [0.2, 0.25) is 0 Å². The van der Waals surface area contributed by atoms with Gasteiger partial charge in [0.1, 0.15) is 11.4 Å². The highest BCUT2D eigenvalue weighted by Crippen LogP contribution is 2.81. The normalized spacial score (nSPS) is 25.9. The Kier molecular flexibility index (Phi) is 4.55. The Hall–Kier alpha value is -3.03. The molecule has 32 heavy (non-hydrogen) atoms. The second kappa shape index (κ2) is 6.98. The Morgan fingerprint density at radius 1 is 1.09 bits per heavy atom. The molecule has 8 heteroatoms. The molecule has 0 saturated heterocycles. The van der Waals surface area contributed by atoms with E-state index < -0.39 is 22.8 Å². The molecular formula is C24H22F4N2O2. The van der Waals surface area contributed by atoms with Crippen molar-refractivity contribution in [3.63, 3.8) is 0 Å². The fraction of sp³-hybridized carbons (Fsp3) is 0.375. The molecule has 0 radical (unpaired) electrons. The molecule has 3 aliphatic carbocycles. The number of nitrogens with one attached hydrogen (secondary N) is 2. The number of amides is 1. The van der Waals surface area contributed by atoms with Gasteiger partial charge in [0.2, 0.25) is 5.91 Å². The predicted molar refractivity (Wildman–Crippen MR) is 112 cm³/mol. The van der Waals surface area contributed by atoms with Gasteiger partial charge in [-0.05, 0) is 54.7 Å². The minimum atomic E-state index is -4.21. The number of alkyl halides is 4. The van der Waals surface area contributed by atoms with Crippen LogP contribution in [0.15, 0.2) is 48.7 Å². The van der Waals surface area contributed by atoms with Crippen molar-refractivity contribution >= 4 is 22.5 Å². The zero-order valence-corrected chi connectivity index (χ0v) is 17.1. The standard InChI is InChI=1S/C13H11FN2O2.C11H11F3/c14-13-5-12(13,6-13)11(18)16-10-4-15-9-2-1-7(17)3-8(9)10;12-11(13,14)10-6-4-9(5-7-10)8-2-1-3-8/h1-4,15,17H,5-6H2,(H,16,18);4-8H,1-3H2. The number of halogens is 4. The molecule has 6 rings (SSSR count). The molecule has 3 fully saturated rings. The van der Waals surface area contributed by atoms with Crippen molar-refractivity contribution in [1.82, 2.24) is 4.98 Å². The molecule has 3 aliphatic rings. The first-order valence-electron chi connectivity index (χ1n) is 10.6. The van der Waals surface area contributed by atoms with E-state index in [0.717, 1.165) is 29.3 Å². The molecule has 1 heterocycles. The van der Waals surface area contributed by atoms with Crippen LogP contribution in [-0.2, 0) is 11.0 Å². The summed E-state index contributed by atoms with van der Waals surface area (Å²) in [5.74, 6) is 0.375. The zero-order chi connectivity index (χ0) is 22.7. The van der Waals surface area contributed by atoms with Gasteiger partial charge in [-0.2, -0.15) is 13.2 Å².